The number of hydroxylamine groups is 2. The highest BCUT2D eigenvalue weighted by atomic mass is 16.5. The van der Waals surface area contributed by atoms with Gasteiger partial charge >= 0.3 is 0 Å². The van der Waals surface area contributed by atoms with Crippen LogP contribution >= 0.6 is 0 Å². The van der Waals surface area contributed by atoms with Crippen molar-refractivity contribution in [3.8, 4) is 0 Å². The third-order valence-electron chi connectivity index (χ3n) is 4.22. The molecule has 2 aromatic carbocycles. The fourth-order valence-electron chi connectivity index (χ4n) is 2.93. The molecule has 3 heteroatoms. The van der Waals surface area contributed by atoms with Gasteiger partial charge in [-0.15, -0.1) is 0 Å². The van der Waals surface area contributed by atoms with E-state index in [1.54, 1.807) is 0 Å². The standard InChI is InChI=1S/C20H25NO2/c1-15(2)14-17-10-12-19(13-11-17)20(4,21(23)16(3)22)18-8-6-5-7-9-18/h5-13,15,23H,14H2,1-4H3. The number of rotatable bonds is 5. The van der Waals surface area contributed by atoms with Gasteiger partial charge in [-0.25, -0.2) is 5.06 Å². The smallest absolute Gasteiger partial charge is 0.243 e. The van der Waals surface area contributed by atoms with E-state index in [1.807, 2.05) is 49.4 Å². The Kier molecular flexibility index (Phi) is 5.22. The summed E-state index contributed by atoms with van der Waals surface area (Å²) >= 11 is 0. The fraction of sp³-hybridized carbons (Fsp3) is 0.350. The molecule has 122 valence electrons. The average molecular weight is 311 g/mol. The van der Waals surface area contributed by atoms with Crippen molar-refractivity contribution >= 4 is 5.91 Å². The van der Waals surface area contributed by atoms with Gasteiger partial charge in [0.05, 0.1) is 0 Å². The van der Waals surface area contributed by atoms with Crippen molar-refractivity contribution in [1.82, 2.24) is 5.06 Å². The van der Waals surface area contributed by atoms with Gasteiger partial charge in [0.2, 0.25) is 5.91 Å². The second kappa shape index (κ2) is 6.97. The van der Waals surface area contributed by atoms with Crippen LogP contribution in [0.15, 0.2) is 54.6 Å². The van der Waals surface area contributed by atoms with E-state index < -0.39 is 5.54 Å². The predicted molar refractivity (Wildman–Crippen MR) is 92.2 cm³/mol. The molecule has 0 saturated carbocycles. The number of carbonyl (C=O) groups excluding carboxylic acids is 1. The second-order valence-electron chi connectivity index (χ2n) is 6.56. The summed E-state index contributed by atoms with van der Waals surface area (Å²) in [6.45, 7) is 7.61. The van der Waals surface area contributed by atoms with Crippen molar-refractivity contribution in [3.05, 3.63) is 71.3 Å². The highest BCUT2D eigenvalue weighted by Gasteiger charge is 2.37. The molecule has 0 heterocycles. The lowest BCUT2D eigenvalue weighted by Crippen LogP contribution is -2.45. The van der Waals surface area contributed by atoms with Crippen molar-refractivity contribution in [2.45, 2.75) is 39.7 Å². The summed E-state index contributed by atoms with van der Waals surface area (Å²) in [5, 5.41) is 11.3. The Bertz CT molecular complexity index is 649. The molecule has 0 fully saturated rings. The number of benzene rings is 2. The molecule has 0 saturated heterocycles. The van der Waals surface area contributed by atoms with E-state index in [0.29, 0.717) is 5.92 Å². The summed E-state index contributed by atoms with van der Waals surface area (Å²) < 4.78 is 0. The summed E-state index contributed by atoms with van der Waals surface area (Å²) in [4.78, 5) is 11.8. The molecule has 0 aliphatic carbocycles. The van der Waals surface area contributed by atoms with Crippen LogP contribution in [-0.4, -0.2) is 16.2 Å². The van der Waals surface area contributed by atoms with Crippen molar-refractivity contribution in [1.29, 1.82) is 0 Å². The molecule has 0 aromatic heterocycles. The lowest BCUT2D eigenvalue weighted by molar-refractivity contribution is -0.185. The molecule has 0 radical (unpaired) electrons. The largest absolute Gasteiger partial charge is 0.285 e. The summed E-state index contributed by atoms with van der Waals surface area (Å²) in [7, 11) is 0. The molecule has 2 rings (SSSR count). The van der Waals surface area contributed by atoms with Gasteiger partial charge in [0, 0.05) is 6.92 Å². The number of hydrogen-bond acceptors (Lipinski definition) is 2. The van der Waals surface area contributed by atoms with Crippen molar-refractivity contribution in [3.63, 3.8) is 0 Å². The number of amides is 1. The van der Waals surface area contributed by atoms with Crippen LogP contribution in [0.2, 0.25) is 0 Å². The molecule has 1 atom stereocenters. The summed E-state index contributed by atoms with van der Waals surface area (Å²) in [6.07, 6.45) is 1.01. The molecule has 2 aromatic rings. The van der Waals surface area contributed by atoms with E-state index in [2.05, 4.69) is 26.0 Å². The van der Waals surface area contributed by atoms with E-state index in [4.69, 9.17) is 0 Å². The van der Waals surface area contributed by atoms with Crippen molar-refractivity contribution in [2.75, 3.05) is 0 Å². The van der Waals surface area contributed by atoms with Gasteiger partial charge in [-0.3, -0.25) is 10.0 Å². The normalized spacial score (nSPS) is 13.7. The maximum atomic E-state index is 11.8. The minimum Gasteiger partial charge on any atom is -0.285 e. The minimum absolute atomic E-state index is 0.386. The fourth-order valence-corrected chi connectivity index (χ4v) is 2.93. The lowest BCUT2D eigenvalue weighted by atomic mass is 9.83. The third-order valence-corrected chi connectivity index (χ3v) is 4.22. The van der Waals surface area contributed by atoms with Crippen molar-refractivity contribution < 1.29 is 10.0 Å². The first kappa shape index (κ1) is 17.2. The highest BCUT2D eigenvalue weighted by Crippen LogP contribution is 2.35. The molecule has 1 N–H and O–H groups in total. The van der Waals surface area contributed by atoms with Gasteiger partial charge < -0.3 is 0 Å². The van der Waals surface area contributed by atoms with E-state index in [-0.39, 0.29) is 5.91 Å². The quantitative estimate of drug-likeness (QED) is 0.657. The molecular weight excluding hydrogens is 286 g/mol. The molecular formula is C20H25NO2. The molecule has 1 amide bonds. The Morgan fingerprint density at radius 3 is 2.04 bits per heavy atom. The maximum absolute atomic E-state index is 11.8. The molecule has 0 aliphatic heterocycles. The second-order valence-corrected chi connectivity index (χ2v) is 6.56. The van der Waals surface area contributed by atoms with Crippen molar-refractivity contribution in [2.24, 2.45) is 5.92 Å². The number of carbonyl (C=O) groups is 1. The summed E-state index contributed by atoms with van der Waals surface area (Å²) in [5.41, 5.74) is 2.10. The van der Waals surface area contributed by atoms with E-state index in [1.165, 1.54) is 12.5 Å². The zero-order valence-corrected chi connectivity index (χ0v) is 14.3. The zero-order chi connectivity index (χ0) is 17.0. The monoisotopic (exact) mass is 311 g/mol. The minimum atomic E-state index is -0.913. The van der Waals surface area contributed by atoms with E-state index in [0.717, 1.165) is 22.6 Å². The number of hydrogen-bond donors (Lipinski definition) is 1. The Hall–Kier alpha value is -2.13. The van der Waals surface area contributed by atoms with Gasteiger partial charge in [0.25, 0.3) is 0 Å². The third kappa shape index (κ3) is 3.62. The van der Waals surface area contributed by atoms with Gasteiger partial charge in [0.1, 0.15) is 5.54 Å². The van der Waals surface area contributed by atoms with E-state index in [9.17, 15) is 10.0 Å². The summed E-state index contributed by atoms with van der Waals surface area (Å²) in [6, 6.07) is 17.7. The Morgan fingerprint density at radius 2 is 1.57 bits per heavy atom. The Balaban J connectivity index is 2.48. The predicted octanol–water partition coefficient (Wildman–Crippen LogP) is 4.39. The van der Waals surface area contributed by atoms with Gasteiger partial charge in [-0.1, -0.05) is 68.4 Å². The van der Waals surface area contributed by atoms with Gasteiger partial charge in [-0.05, 0) is 36.0 Å². The van der Waals surface area contributed by atoms with Gasteiger partial charge in [0.15, 0.2) is 0 Å². The Labute approximate surface area is 138 Å². The lowest BCUT2D eigenvalue weighted by Gasteiger charge is -2.37. The van der Waals surface area contributed by atoms with Crippen LogP contribution in [-0.2, 0) is 16.8 Å². The molecule has 0 bridgehead atoms. The average Bonchev–Trinajstić information content (AvgIpc) is 2.54. The molecule has 1 unspecified atom stereocenters. The molecule has 0 aliphatic rings. The van der Waals surface area contributed by atoms with E-state index >= 15 is 0 Å². The van der Waals surface area contributed by atoms with Crippen LogP contribution < -0.4 is 0 Å². The number of nitrogens with zero attached hydrogens (tertiary/aromatic N) is 1. The molecule has 23 heavy (non-hydrogen) atoms. The van der Waals surface area contributed by atoms with Crippen LogP contribution in [0.5, 0.6) is 0 Å². The zero-order valence-electron chi connectivity index (χ0n) is 14.3. The van der Waals surface area contributed by atoms with Crippen LogP contribution in [0, 0.1) is 5.92 Å². The van der Waals surface area contributed by atoms with Crippen LogP contribution in [0.1, 0.15) is 44.4 Å². The first-order chi connectivity index (χ1) is 10.9. The topological polar surface area (TPSA) is 40.5 Å². The Morgan fingerprint density at radius 1 is 1.04 bits per heavy atom. The first-order valence-corrected chi connectivity index (χ1v) is 8.00. The van der Waals surface area contributed by atoms with Gasteiger partial charge in [-0.2, -0.15) is 0 Å². The van der Waals surface area contributed by atoms with Crippen LogP contribution in [0.25, 0.3) is 0 Å². The molecule has 3 nitrogen and oxygen atoms in total. The highest BCUT2D eigenvalue weighted by molar-refractivity contribution is 5.74. The maximum Gasteiger partial charge on any atom is 0.243 e. The van der Waals surface area contributed by atoms with Crippen LogP contribution in [0.3, 0.4) is 0 Å². The first-order valence-electron chi connectivity index (χ1n) is 8.00. The summed E-state index contributed by atoms with van der Waals surface area (Å²) in [5.74, 6) is 0.204. The molecule has 0 spiro atoms. The van der Waals surface area contributed by atoms with Crippen LogP contribution in [0.4, 0.5) is 0 Å². The SMILES string of the molecule is CC(=O)N(O)C(C)(c1ccccc1)c1ccc(CC(C)C)cc1.